The van der Waals surface area contributed by atoms with Gasteiger partial charge in [0.1, 0.15) is 3.70 Å². The molecule has 1 aromatic carbocycles. The van der Waals surface area contributed by atoms with E-state index in [1.165, 1.54) is 0 Å². The number of benzene rings is 1. The van der Waals surface area contributed by atoms with Crippen LogP contribution in [0.4, 0.5) is 0 Å². The average Bonchev–Trinajstić information content (AvgIpc) is 2.92. The van der Waals surface area contributed by atoms with Crippen LogP contribution in [0.1, 0.15) is 29.0 Å². The van der Waals surface area contributed by atoms with Gasteiger partial charge in [-0.25, -0.2) is 9.78 Å². The van der Waals surface area contributed by atoms with Crippen LogP contribution < -0.4 is 0 Å². The minimum Gasteiger partial charge on any atom is -0.445 e. The van der Waals surface area contributed by atoms with Gasteiger partial charge in [-0.1, -0.05) is 36.9 Å². The van der Waals surface area contributed by atoms with Gasteiger partial charge in [-0.05, 0) is 41.2 Å². The Morgan fingerprint density at radius 1 is 1.48 bits per heavy atom. The summed E-state index contributed by atoms with van der Waals surface area (Å²) >= 11 is 2.05. The number of ether oxygens (including phenoxy) is 2. The highest BCUT2D eigenvalue weighted by Gasteiger charge is 2.41. The van der Waals surface area contributed by atoms with E-state index < -0.39 is 11.6 Å². The molecular weight excluding hydrogens is 407 g/mol. The zero-order valence-electron chi connectivity index (χ0n) is 12.7. The van der Waals surface area contributed by atoms with Crippen LogP contribution in [0.5, 0.6) is 0 Å². The van der Waals surface area contributed by atoms with Gasteiger partial charge in [0.2, 0.25) is 0 Å². The minimum absolute atomic E-state index is 0.0212. The van der Waals surface area contributed by atoms with Crippen LogP contribution in [-0.2, 0) is 9.47 Å². The fraction of sp³-hybridized carbons (Fsp3) is 0.294. The van der Waals surface area contributed by atoms with Crippen molar-refractivity contribution < 1.29 is 14.3 Å². The predicted octanol–water partition coefficient (Wildman–Crippen LogP) is 3.21. The van der Waals surface area contributed by atoms with Crippen molar-refractivity contribution in [2.45, 2.75) is 18.6 Å². The molecule has 120 valence electrons. The number of halogens is 1. The predicted molar refractivity (Wildman–Crippen MR) is 94.4 cm³/mol. The number of imidazole rings is 1. The number of aromatic nitrogens is 2. The molecule has 3 rings (SSSR count). The van der Waals surface area contributed by atoms with Crippen molar-refractivity contribution in [1.82, 2.24) is 9.55 Å². The minimum atomic E-state index is -0.717. The highest BCUT2D eigenvalue weighted by atomic mass is 127. The van der Waals surface area contributed by atoms with E-state index in [1.54, 1.807) is 12.4 Å². The summed E-state index contributed by atoms with van der Waals surface area (Å²) in [6.07, 6.45) is 3.30. The Morgan fingerprint density at radius 2 is 2.17 bits per heavy atom. The van der Waals surface area contributed by atoms with Gasteiger partial charge in [-0.2, -0.15) is 0 Å². The number of rotatable bonds is 5. The summed E-state index contributed by atoms with van der Waals surface area (Å²) in [5, 5.41) is 0. The molecule has 0 saturated carbocycles. The monoisotopic (exact) mass is 424 g/mol. The van der Waals surface area contributed by atoms with Crippen molar-refractivity contribution in [1.29, 1.82) is 0 Å². The van der Waals surface area contributed by atoms with E-state index in [1.807, 2.05) is 41.8 Å². The van der Waals surface area contributed by atoms with E-state index in [4.69, 9.17) is 9.47 Å². The van der Waals surface area contributed by atoms with Crippen LogP contribution in [-0.4, -0.2) is 34.3 Å². The van der Waals surface area contributed by atoms with Gasteiger partial charge < -0.3 is 14.0 Å². The largest absolute Gasteiger partial charge is 0.445 e. The summed E-state index contributed by atoms with van der Waals surface area (Å²) < 4.78 is 13.2. The fourth-order valence-electron chi connectivity index (χ4n) is 2.47. The van der Waals surface area contributed by atoms with Crippen molar-refractivity contribution in [2.24, 2.45) is 0 Å². The van der Waals surface area contributed by atoms with Crippen LogP contribution in [0.25, 0.3) is 0 Å². The first kappa shape index (κ1) is 16.2. The topological polar surface area (TPSA) is 53.3 Å². The molecule has 0 radical (unpaired) electrons. The lowest BCUT2D eigenvalue weighted by Crippen LogP contribution is -2.51. The Bertz CT molecular complexity index is 723. The number of hydrogen-bond acceptors (Lipinski definition) is 4. The van der Waals surface area contributed by atoms with Crippen molar-refractivity contribution in [3.05, 3.63) is 64.3 Å². The molecule has 2 heterocycles. The van der Waals surface area contributed by atoms with Gasteiger partial charge in [0, 0.05) is 0 Å². The maximum Gasteiger partial charge on any atom is 0.358 e. The number of hydrogen-bond donors (Lipinski definition) is 0. The Morgan fingerprint density at radius 3 is 2.74 bits per heavy atom. The number of esters is 1. The Hall–Kier alpha value is -1.67. The van der Waals surface area contributed by atoms with E-state index in [0.717, 1.165) is 5.56 Å². The SMILES string of the molecule is C=CC1(OC(=O)c2c(I)ncn2[C@H](C)c2ccccc2)COC1. The quantitative estimate of drug-likeness (QED) is 0.420. The Balaban J connectivity index is 1.89. The number of carbonyl (C=O) groups is 1. The van der Waals surface area contributed by atoms with Gasteiger partial charge in [0.25, 0.3) is 0 Å². The summed E-state index contributed by atoms with van der Waals surface area (Å²) in [6, 6.07) is 9.95. The Labute approximate surface area is 148 Å². The van der Waals surface area contributed by atoms with Gasteiger partial charge in [0.15, 0.2) is 11.3 Å². The second-order valence-electron chi connectivity index (χ2n) is 5.53. The van der Waals surface area contributed by atoms with Gasteiger partial charge in [-0.3, -0.25) is 0 Å². The molecule has 1 saturated heterocycles. The fourth-order valence-corrected chi connectivity index (χ4v) is 3.09. The molecule has 1 aliphatic rings. The zero-order valence-corrected chi connectivity index (χ0v) is 14.9. The Kier molecular flexibility index (Phi) is 4.54. The second-order valence-corrected chi connectivity index (χ2v) is 6.55. The van der Waals surface area contributed by atoms with Crippen LogP contribution in [0.15, 0.2) is 49.3 Å². The van der Waals surface area contributed by atoms with Crippen molar-refractivity contribution in [3.63, 3.8) is 0 Å². The first-order valence-electron chi connectivity index (χ1n) is 7.28. The standard InChI is InChI=1S/C17H17IN2O3/c1-3-17(9-22-10-17)23-16(21)14-15(18)19-11-20(14)12(2)13-7-5-4-6-8-13/h3-8,11-12H,1,9-10H2,2H3/t12-/m1/s1. The van der Waals surface area contributed by atoms with Gasteiger partial charge in [-0.15, -0.1) is 0 Å². The second kappa shape index (κ2) is 6.45. The molecule has 0 N–H and O–H groups in total. The van der Waals surface area contributed by atoms with Crippen LogP contribution in [0.3, 0.4) is 0 Å². The summed E-state index contributed by atoms with van der Waals surface area (Å²) in [6.45, 7) is 6.46. The third kappa shape index (κ3) is 3.05. The summed E-state index contributed by atoms with van der Waals surface area (Å²) in [7, 11) is 0. The van der Waals surface area contributed by atoms with Crippen molar-refractivity contribution >= 4 is 28.6 Å². The first-order valence-corrected chi connectivity index (χ1v) is 8.36. The smallest absolute Gasteiger partial charge is 0.358 e. The van der Waals surface area contributed by atoms with E-state index in [0.29, 0.717) is 22.6 Å². The van der Waals surface area contributed by atoms with E-state index in [2.05, 4.69) is 34.2 Å². The molecule has 5 nitrogen and oxygen atoms in total. The van der Waals surface area contributed by atoms with E-state index in [-0.39, 0.29) is 6.04 Å². The zero-order chi connectivity index (χ0) is 16.4. The van der Waals surface area contributed by atoms with Gasteiger partial charge in [0.05, 0.1) is 25.6 Å². The highest BCUT2D eigenvalue weighted by Crippen LogP contribution is 2.27. The van der Waals surface area contributed by atoms with Crippen LogP contribution >= 0.6 is 22.6 Å². The van der Waals surface area contributed by atoms with Crippen LogP contribution in [0.2, 0.25) is 0 Å². The maximum atomic E-state index is 12.7. The van der Waals surface area contributed by atoms with E-state index >= 15 is 0 Å². The molecular formula is C17H17IN2O3. The molecule has 0 bridgehead atoms. The molecule has 0 aliphatic carbocycles. The highest BCUT2D eigenvalue weighted by molar-refractivity contribution is 14.1. The van der Waals surface area contributed by atoms with Gasteiger partial charge >= 0.3 is 5.97 Å². The average molecular weight is 424 g/mol. The number of nitrogens with zero attached hydrogens (tertiary/aromatic N) is 2. The molecule has 1 fully saturated rings. The maximum absolute atomic E-state index is 12.7. The third-order valence-corrected chi connectivity index (χ3v) is 4.79. The molecule has 0 spiro atoms. The lowest BCUT2D eigenvalue weighted by molar-refractivity contribution is -0.152. The normalized spacial score (nSPS) is 17.1. The molecule has 2 aromatic rings. The molecule has 0 unspecified atom stereocenters. The molecule has 6 heteroatoms. The lowest BCUT2D eigenvalue weighted by Gasteiger charge is -2.37. The summed E-state index contributed by atoms with van der Waals surface area (Å²) in [5.74, 6) is -0.405. The van der Waals surface area contributed by atoms with E-state index in [9.17, 15) is 4.79 Å². The van der Waals surface area contributed by atoms with Crippen molar-refractivity contribution in [2.75, 3.05) is 13.2 Å². The number of carbonyl (C=O) groups excluding carboxylic acids is 1. The van der Waals surface area contributed by atoms with Crippen molar-refractivity contribution in [3.8, 4) is 0 Å². The lowest BCUT2D eigenvalue weighted by atomic mass is 10.0. The summed E-state index contributed by atoms with van der Waals surface area (Å²) in [4.78, 5) is 16.9. The third-order valence-electron chi connectivity index (χ3n) is 4.00. The molecule has 0 amide bonds. The first-order chi connectivity index (χ1) is 11.1. The molecule has 23 heavy (non-hydrogen) atoms. The summed E-state index contributed by atoms with van der Waals surface area (Å²) in [5.41, 5.74) is 0.835. The van der Waals surface area contributed by atoms with Crippen LogP contribution in [0, 0.1) is 3.70 Å². The molecule has 1 atom stereocenters. The molecule has 1 aromatic heterocycles. The molecule has 1 aliphatic heterocycles.